The fourth-order valence-electron chi connectivity index (χ4n) is 8.62. The van der Waals surface area contributed by atoms with E-state index in [1.807, 2.05) is 38.1 Å². The van der Waals surface area contributed by atoms with E-state index in [-0.39, 0.29) is 25.8 Å². The number of amides is 4. The van der Waals surface area contributed by atoms with Gasteiger partial charge in [-0.05, 0) is 98.1 Å². The lowest BCUT2D eigenvalue weighted by atomic mass is 9.87. The first-order valence-electron chi connectivity index (χ1n) is 19.0. The zero-order chi connectivity index (χ0) is 38.1. The van der Waals surface area contributed by atoms with Crippen LogP contribution in [0.4, 0.5) is 4.79 Å². The van der Waals surface area contributed by atoms with Crippen molar-refractivity contribution in [2.24, 2.45) is 5.92 Å². The Morgan fingerprint density at radius 1 is 1.11 bits per heavy atom. The number of pyridine rings is 1. The van der Waals surface area contributed by atoms with E-state index in [1.54, 1.807) is 20.8 Å². The van der Waals surface area contributed by atoms with Crippen molar-refractivity contribution in [3.63, 3.8) is 0 Å². The molecule has 4 amide bonds. The fraction of sp³-hybridized carbons (Fsp3) is 0.615. The normalized spacial score (nSPS) is 30.2. The number of allylic oxidation sites excluding steroid dienone is 1. The Morgan fingerprint density at radius 2 is 1.87 bits per heavy atom. The molecular formula is C39H51N5O8S. The van der Waals surface area contributed by atoms with Gasteiger partial charge in [-0.2, -0.15) is 0 Å². The van der Waals surface area contributed by atoms with E-state index in [1.165, 1.54) is 9.80 Å². The molecule has 5 atom stereocenters. The number of carbonyl (C=O) groups excluding carboxylic acids is 3. The Hall–Kier alpha value is -4.20. The van der Waals surface area contributed by atoms with Crippen LogP contribution in [0.25, 0.3) is 10.9 Å². The molecule has 0 unspecified atom stereocenters. The predicted molar refractivity (Wildman–Crippen MR) is 198 cm³/mol. The molecule has 1 saturated heterocycles. The van der Waals surface area contributed by atoms with Gasteiger partial charge in [-0.1, -0.05) is 36.6 Å². The zero-order valence-electron chi connectivity index (χ0n) is 31.2. The van der Waals surface area contributed by atoms with Crippen molar-refractivity contribution in [3.8, 4) is 5.75 Å². The van der Waals surface area contributed by atoms with E-state index < -0.39 is 73.8 Å². The van der Waals surface area contributed by atoms with Crippen molar-refractivity contribution in [2.45, 2.75) is 139 Å². The maximum absolute atomic E-state index is 14.8. The number of ether oxygens (including phenoxy) is 1. The lowest BCUT2D eigenvalue weighted by Crippen LogP contribution is -2.59. The van der Waals surface area contributed by atoms with Crippen molar-refractivity contribution >= 4 is 44.7 Å². The minimum atomic E-state index is -3.99. The number of nitrogens with zero attached hydrogens (tertiary/aromatic N) is 3. The average molecular weight is 750 g/mol. The third kappa shape index (κ3) is 6.65. The summed E-state index contributed by atoms with van der Waals surface area (Å²) in [5.74, 6) is -1.69. The van der Waals surface area contributed by atoms with Crippen LogP contribution in [0.2, 0.25) is 0 Å². The number of fused-ring (bicyclic) bond motifs is 5. The highest BCUT2D eigenvalue weighted by Gasteiger charge is 2.64. The number of hydrogen-bond donors (Lipinski definition) is 3. The van der Waals surface area contributed by atoms with E-state index in [4.69, 9.17) is 9.72 Å². The standard InChI is InChI=1S/C39H51N5O8S/c1-23(2)44(36(48)49)30-12-10-8-6-7-9-11-26-20-39(26,35(47)42-53(50,51)37(5)17-18-37)41-33(45)31-21-38(22-43(31)34(30)46)16-15-27-28-19-24(3)13-14-29(28)40-25(4)32(27)52-38/h9,11,13-14,19,23,26,30-31H,6-8,10,12,15-18,20-22H2,1-5H3,(H,41,45)(H,42,47)(H,48,49)/b11-9-/t26-,30+,31+,38-,39-/m1/s1. The van der Waals surface area contributed by atoms with Crippen LogP contribution in [0.3, 0.4) is 0 Å². The summed E-state index contributed by atoms with van der Waals surface area (Å²) in [6.45, 7) is 8.99. The Bertz CT molecular complexity index is 2010. The van der Waals surface area contributed by atoms with Crippen molar-refractivity contribution < 1.29 is 37.4 Å². The van der Waals surface area contributed by atoms with Gasteiger partial charge in [-0.15, -0.1) is 0 Å². The molecule has 5 aliphatic rings. The molecule has 13 nitrogen and oxygen atoms in total. The summed E-state index contributed by atoms with van der Waals surface area (Å²) in [6.07, 6.45) is 8.01. The highest BCUT2D eigenvalue weighted by Crippen LogP contribution is 2.49. The van der Waals surface area contributed by atoms with Crippen LogP contribution in [0.5, 0.6) is 5.75 Å². The molecule has 1 aromatic carbocycles. The first kappa shape index (κ1) is 37.1. The number of carboxylic acid groups (broad SMARTS) is 1. The summed E-state index contributed by atoms with van der Waals surface area (Å²) in [4.78, 5) is 63.5. The summed E-state index contributed by atoms with van der Waals surface area (Å²) < 4.78 is 34.5. The Labute approximate surface area is 310 Å². The number of carbonyl (C=O) groups is 4. The third-order valence-corrected chi connectivity index (χ3v) is 14.4. The van der Waals surface area contributed by atoms with Crippen LogP contribution in [0.1, 0.15) is 102 Å². The smallest absolute Gasteiger partial charge is 0.408 e. The highest BCUT2D eigenvalue weighted by molar-refractivity contribution is 7.91. The van der Waals surface area contributed by atoms with Gasteiger partial charge < -0.3 is 20.1 Å². The zero-order valence-corrected chi connectivity index (χ0v) is 32.1. The second kappa shape index (κ2) is 13.3. The maximum atomic E-state index is 14.8. The van der Waals surface area contributed by atoms with Crippen LogP contribution in [0.15, 0.2) is 30.4 Å². The lowest BCUT2D eigenvalue weighted by molar-refractivity contribution is -0.144. The number of aromatic nitrogens is 1. The minimum Gasteiger partial charge on any atom is -0.483 e. The molecule has 4 heterocycles. The van der Waals surface area contributed by atoms with Gasteiger partial charge in [-0.3, -0.25) is 24.0 Å². The van der Waals surface area contributed by atoms with E-state index in [0.29, 0.717) is 50.0 Å². The second-order valence-corrected chi connectivity index (χ2v) is 18.7. The van der Waals surface area contributed by atoms with Crippen LogP contribution in [-0.4, -0.2) is 92.7 Å². The van der Waals surface area contributed by atoms with Crippen LogP contribution in [0, 0.1) is 19.8 Å². The molecule has 3 aliphatic heterocycles. The molecule has 14 heteroatoms. The second-order valence-electron chi connectivity index (χ2n) is 16.5. The van der Waals surface area contributed by atoms with Crippen LogP contribution in [-0.2, 0) is 30.8 Å². The molecular weight excluding hydrogens is 699 g/mol. The summed E-state index contributed by atoms with van der Waals surface area (Å²) >= 11 is 0. The Balaban J connectivity index is 1.27. The summed E-state index contributed by atoms with van der Waals surface area (Å²) in [5, 5.41) is 14.3. The Kier molecular flexibility index (Phi) is 9.30. The summed E-state index contributed by atoms with van der Waals surface area (Å²) in [6, 6.07) is 3.44. The molecule has 2 aromatic rings. The number of hydrogen-bond acceptors (Lipinski definition) is 8. The van der Waals surface area contributed by atoms with Crippen LogP contribution >= 0.6 is 0 Å². The monoisotopic (exact) mass is 749 g/mol. The number of nitrogens with one attached hydrogen (secondary N) is 2. The van der Waals surface area contributed by atoms with E-state index in [9.17, 15) is 32.7 Å². The van der Waals surface area contributed by atoms with Crippen LogP contribution < -0.4 is 14.8 Å². The van der Waals surface area contributed by atoms with Crippen molar-refractivity contribution in [2.75, 3.05) is 6.54 Å². The molecule has 0 bridgehead atoms. The van der Waals surface area contributed by atoms with E-state index in [0.717, 1.165) is 34.9 Å². The molecule has 1 aromatic heterocycles. The van der Waals surface area contributed by atoms with E-state index >= 15 is 0 Å². The van der Waals surface area contributed by atoms with Gasteiger partial charge in [0.05, 0.1) is 22.5 Å². The molecule has 2 saturated carbocycles. The molecule has 53 heavy (non-hydrogen) atoms. The predicted octanol–water partition coefficient (Wildman–Crippen LogP) is 4.67. The minimum absolute atomic E-state index is 0.0337. The first-order valence-corrected chi connectivity index (χ1v) is 20.4. The molecule has 3 N–H and O–H groups in total. The topological polar surface area (TPSA) is 175 Å². The number of benzene rings is 1. The summed E-state index contributed by atoms with van der Waals surface area (Å²) in [7, 11) is -3.99. The van der Waals surface area contributed by atoms with Gasteiger partial charge >= 0.3 is 6.09 Å². The van der Waals surface area contributed by atoms with Crippen molar-refractivity contribution in [3.05, 3.63) is 47.2 Å². The number of aryl methyl sites for hydroxylation is 3. The molecule has 7 rings (SSSR count). The fourth-order valence-corrected chi connectivity index (χ4v) is 9.94. The summed E-state index contributed by atoms with van der Waals surface area (Å²) in [5.41, 5.74) is 1.16. The van der Waals surface area contributed by atoms with Gasteiger partial charge in [0.2, 0.25) is 21.8 Å². The maximum Gasteiger partial charge on any atom is 0.408 e. The van der Waals surface area contributed by atoms with Gasteiger partial charge in [0, 0.05) is 29.3 Å². The molecule has 3 fully saturated rings. The molecule has 0 radical (unpaired) electrons. The molecule has 2 aliphatic carbocycles. The highest BCUT2D eigenvalue weighted by atomic mass is 32.2. The van der Waals surface area contributed by atoms with Gasteiger partial charge in [0.1, 0.15) is 29.0 Å². The SMILES string of the molecule is Cc1ccc2nc(C)c3c(c2c1)CC[C@]1(C[C@H]2C(=O)N[C@]4(C(=O)NS(=O)(=O)C5(C)CC5)C[C@H]4/C=C\CCCCC[C@H](N(C(=O)O)C(C)C)C(=O)N2C1)O3. The Morgan fingerprint density at radius 3 is 2.57 bits per heavy atom. The van der Waals surface area contributed by atoms with Gasteiger partial charge in [0.25, 0.3) is 5.91 Å². The van der Waals surface area contributed by atoms with Gasteiger partial charge in [-0.25, -0.2) is 18.2 Å². The molecule has 286 valence electrons. The van der Waals surface area contributed by atoms with E-state index in [2.05, 4.69) is 16.1 Å². The quantitative estimate of drug-likeness (QED) is 0.367. The number of rotatable bonds is 5. The van der Waals surface area contributed by atoms with Gasteiger partial charge in [0.15, 0.2) is 0 Å². The van der Waals surface area contributed by atoms with Crippen molar-refractivity contribution in [1.29, 1.82) is 0 Å². The lowest BCUT2D eigenvalue weighted by Gasteiger charge is -2.38. The molecule has 1 spiro atoms. The average Bonchev–Trinajstić information content (AvgIpc) is 3.98. The largest absolute Gasteiger partial charge is 0.483 e. The third-order valence-electron chi connectivity index (χ3n) is 12.2. The van der Waals surface area contributed by atoms with Crippen molar-refractivity contribution in [1.82, 2.24) is 24.8 Å². The first-order chi connectivity index (χ1) is 25.0. The number of sulfonamides is 1.